The molecule has 1 aliphatic carbocycles. The van der Waals surface area contributed by atoms with Crippen molar-refractivity contribution in [2.75, 3.05) is 11.9 Å². The van der Waals surface area contributed by atoms with Gasteiger partial charge >= 0.3 is 0 Å². The zero-order valence-corrected chi connectivity index (χ0v) is 12.9. The van der Waals surface area contributed by atoms with Gasteiger partial charge in [0.15, 0.2) is 0 Å². The number of hydrogen-bond acceptors (Lipinski definition) is 4. The molecule has 2 aromatic heterocycles. The van der Waals surface area contributed by atoms with Crippen molar-refractivity contribution in [2.24, 2.45) is 0 Å². The van der Waals surface area contributed by atoms with E-state index < -0.39 is 0 Å². The van der Waals surface area contributed by atoms with Crippen LogP contribution in [-0.4, -0.2) is 16.5 Å². The summed E-state index contributed by atoms with van der Waals surface area (Å²) >= 11 is 1.79. The summed E-state index contributed by atoms with van der Waals surface area (Å²) in [5.41, 5.74) is 2.42. The van der Waals surface area contributed by atoms with Gasteiger partial charge in [-0.2, -0.15) is 0 Å². The number of nitrogens with zero attached hydrogens (tertiary/aromatic N) is 2. The number of aromatic nitrogens is 2. The zero-order valence-electron chi connectivity index (χ0n) is 12.1. The monoisotopic (exact) mass is 313 g/mol. The summed E-state index contributed by atoms with van der Waals surface area (Å²) in [4.78, 5) is 11.4. The van der Waals surface area contributed by atoms with Crippen LogP contribution in [0.1, 0.15) is 22.4 Å². The average Bonchev–Trinajstić information content (AvgIpc) is 3.08. The van der Waals surface area contributed by atoms with Crippen LogP contribution in [0.25, 0.3) is 10.2 Å². The van der Waals surface area contributed by atoms with Crippen molar-refractivity contribution < 1.29 is 4.39 Å². The normalized spacial score (nSPS) is 13.5. The quantitative estimate of drug-likeness (QED) is 0.792. The maximum Gasteiger partial charge on any atom is 0.138 e. The number of nitrogens with one attached hydrogen (secondary N) is 1. The minimum Gasteiger partial charge on any atom is -0.369 e. The first kappa shape index (κ1) is 13.6. The molecule has 3 nitrogen and oxygen atoms in total. The molecule has 0 spiro atoms. The van der Waals surface area contributed by atoms with Crippen LogP contribution in [-0.2, 0) is 19.3 Å². The van der Waals surface area contributed by atoms with Crippen molar-refractivity contribution in [1.82, 2.24) is 9.97 Å². The van der Waals surface area contributed by atoms with Crippen LogP contribution < -0.4 is 5.32 Å². The molecule has 3 aromatic rings. The molecule has 22 heavy (non-hydrogen) atoms. The van der Waals surface area contributed by atoms with Crippen LogP contribution in [0.2, 0.25) is 0 Å². The lowest BCUT2D eigenvalue weighted by Crippen LogP contribution is -2.07. The molecule has 0 radical (unpaired) electrons. The molecule has 1 N–H and O–H groups in total. The van der Waals surface area contributed by atoms with Gasteiger partial charge in [0, 0.05) is 11.4 Å². The van der Waals surface area contributed by atoms with Gasteiger partial charge in [-0.1, -0.05) is 12.1 Å². The van der Waals surface area contributed by atoms with Crippen molar-refractivity contribution in [3.63, 3.8) is 0 Å². The summed E-state index contributed by atoms with van der Waals surface area (Å²) in [5.74, 6) is 0.735. The van der Waals surface area contributed by atoms with Gasteiger partial charge in [-0.3, -0.25) is 0 Å². The van der Waals surface area contributed by atoms with Gasteiger partial charge in [-0.15, -0.1) is 11.3 Å². The van der Waals surface area contributed by atoms with Crippen molar-refractivity contribution in [1.29, 1.82) is 0 Å². The second-order valence-corrected chi connectivity index (χ2v) is 6.65. The fraction of sp³-hybridized carbons (Fsp3) is 0.294. The van der Waals surface area contributed by atoms with E-state index in [1.165, 1.54) is 34.7 Å². The number of benzene rings is 1. The van der Waals surface area contributed by atoms with Gasteiger partial charge < -0.3 is 5.32 Å². The van der Waals surface area contributed by atoms with E-state index >= 15 is 0 Å². The molecule has 1 aromatic carbocycles. The molecule has 5 heteroatoms. The fourth-order valence-corrected chi connectivity index (χ4v) is 4.31. The molecule has 1 aliphatic rings. The predicted octanol–water partition coefficient (Wildman–Crippen LogP) is 3.97. The minimum absolute atomic E-state index is 0.183. The molecule has 0 saturated carbocycles. The Bertz CT molecular complexity index is 828. The molecule has 2 heterocycles. The minimum atomic E-state index is -0.183. The molecule has 0 amide bonds. The van der Waals surface area contributed by atoms with E-state index in [1.54, 1.807) is 29.8 Å². The third-order valence-corrected chi connectivity index (χ3v) is 5.30. The molecule has 4 rings (SSSR count). The van der Waals surface area contributed by atoms with E-state index in [4.69, 9.17) is 0 Å². The number of aryl methyl sites for hydroxylation is 2. The SMILES string of the molecule is Fc1cccc(CCNc2ncnc3sc4c(c23)CCC4)c1. The van der Waals surface area contributed by atoms with Gasteiger partial charge in [0.1, 0.15) is 22.8 Å². The standard InChI is InChI=1S/C17H16FN3S/c18-12-4-1-3-11(9-12)7-8-19-16-15-13-5-2-6-14(13)22-17(15)21-10-20-16/h1,3-4,9-10H,2,5-8H2,(H,19,20,21). The Morgan fingerprint density at radius 3 is 3.09 bits per heavy atom. The Balaban J connectivity index is 1.54. The van der Waals surface area contributed by atoms with Crippen molar-refractivity contribution in [3.8, 4) is 0 Å². The van der Waals surface area contributed by atoms with Crippen LogP contribution >= 0.6 is 11.3 Å². The van der Waals surface area contributed by atoms with Gasteiger partial charge in [-0.25, -0.2) is 14.4 Å². The van der Waals surface area contributed by atoms with Gasteiger partial charge in [0.2, 0.25) is 0 Å². The van der Waals surface area contributed by atoms with Crippen LogP contribution in [0.3, 0.4) is 0 Å². The predicted molar refractivity (Wildman–Crippen MR) is 88.0 cm³/mol. The van der Waals surface area contributed by atoms with Crippen LogP contribution in [0.5, 0.6) is 0 Å². The van der Waals surface area contributed by atoms with E-state index in [0.717, 1.165) is 35.6 Å². The lowest BCUT2D eigenvalue weighted by molar-refractivity contribution is 0.625. The highest BCUT2D eigenvalue weighted by Crippen LogP contribution is 2.38. The first-order valence-corrected chi connectivity index (χ1v) is 8.36. The molecule has 0 unspecified atom stereocenters. The summed E-state index contributed by atoms with van der Waals surface area (Å²) in [5, 5.41) is 4.60. The third-order valence-electron chi connectivity index (χ3n) is 4.10. The second-order valence-electron chi connectivity index (χ2n) is 5.57. The smallest absolute Gasteiger partial charge is 0.138 e. The number of anilines is 1. The molecule has 0 fully saturated rings. The third kappa shape index (κ3) is 2.46. The molecule has 112 valence electrons. The van der Waals surface area contributed by atoms with Crippen molar-refractivity contribution >= 4 is 27.4 Å². The lowest BCUT2D eigenvalue weighted by Gasteiger charge is -2.08. The summed E-state index contributed by atoms with van der Waals surface area (Å²) in [6, 6.07) is 6.75. The van der Waals surface area contributed by atoms with Crippen LogP contribution in [0, 0.1) is 5.82 Å². The summed E-state index contributed by atoms with van der Waals surface area (Å²) < 4.78 is 13.2. The van der Waals surface area contributed by atoms with Crippen molar-refractivity contribution in [2.45, 2.75) is 25.7 Å². The Kier molecular flexibility index (Phi) is 3.50. The Labute approximate surface area is 132 Å². The van der Waals surface area contributed by atoms with Gasteiger partial charge in [-0.05, 0) is 48.9 Å². The zero-order chi connectivity index (χ0) is 14.9. The molecular formula is C17H16FN3S. The highest BCUT2D eigenvalue weighted by molar-refractivity contribution is 7.19. The lowest BCUT2D eigenvalue weighted by atomic mass is 10.1. The summed E-state index contributed by atoms with van der Waals surface area (Å²) in [6.45, 7) is 0.736. The number of thiophene rings is 1. The highest BCUT2D eigenvalue weighted by Gasteiger charge is 2.20. The topological polar surface area (TPSA) is 37.8 Å². The fourth-order valence-electron chi connectivity index (χ4n) is 3.08. The largest absolute Gasteiger partial charge is 0.369 e. The number of hydrogen-bond donors (Lipinski definition) is 1. The van der Waals surface area contributed by atoms with Crippen molar-refractivity contribution in [3.05, 3.63) is 52.4 Å². The van der Waals surface area contributed by atoms with E-state index in [2.05, 4.69) is 15.3 Å². The molecule has 0 aliphatic heterocycles. The molecule has 0 atom stereocenters. The number of halogens is 1. The molecule has 0 saturated heterocycles. The van der Waals surface area contributed by atoms with E-state index in [-0.39, 0.29) is 5.82 Å². The summed E-state index contributed by atoms with van der Waals surface area (Å²) in [7, 11) is 0. The first-order chi connectivity index (χ1) is 10.8. The first-order valence-electron chi connectivity index (χ1n) is 7.55. The molecular weight excluding hydrogens is 297 g/mol. The van der Waals surface area contributed by atoms with Crippen LogP contribution in [0.4, 0.5) is 10.2 Å². The summed E-state index contributed by atoms with van der Waals surface area (Å²) in [6.07, 6.45) is 5.92. The number of rotatable bonds is 4. The van der Waals surface area contributed by atoms with Gasteiger partial charge in [0.25, 0.3) is 0 Å². The van der Waals surface area contributed by atoms with E-state index in [1.807, 2.05) is 6.07 Å². The maximum atomic E-state index is 13.2. The van der Waals surface area contributed by atoms with Gasteiger partial charge in [0.05, 0.1) is 5.39 Å². The average molecular weight is 313 g/mol. The molecule has 0 bridgehead atoms. The Morgan fingerprint density at radius 1 is 1.23 bits per heavy atom. The second kappa shape index (κ2) is 5.65. The highest BCUT2D eigenvalue weighted by atomic mass is 32.1. The van der Waals surface area contributed by atoms with E-state index in [0.29, 0.717) is 0 Å². The Morgan fingerprint density at radius 2 is 2.18 bits per heavy atom. The Hall–Kier alpha value is -2.01. The number of fused-ring (bicyclic) bond motifs is 3. The van der Waals surface area contributed by atoms with Crippen LogP contribution in [0.15, 0.2) is 30.6 Å². The maximum absolute atomic E-state index is 13.2. The van der Waals surface area contributed by atoms with E-state index in [9.17, 15) is 4.39 Å².